The molecule has 0 aliphatic rings. The predicted octanol–water partition coefficient (Wildman–Crippen LogP) is 5.96. The molecule has 0 fully saturated rings. The van der Waals surface area contributed by atoms with Crippen molar-refractivity contribution in [3.63, 3.8) is 0 Å². The highest BCUT2D eigenvalue weighted by Crippen LogP contribution is 2.34. The molecule has 0 unspecified atom stereocenters. The van der Waals surface area contributed by atoms with E-state index >= 15 is 0 Å². The minimum atomic E-state index is -4.68. The molecule has 0 saturated carbocycles. The van der Waals surface area contributed by atoms with Gasteiger partial charge in [0.05, 0.1) is 30.6 Å². The molecule has 4 aromatic rings. The Morgan fingerprint density at radius 2 is 1.76 bits per heavy atom. The van der Waals surface area contributed by atoms with Gasteiger partial charge in [-0.3, -0.25) is 14.7 Å². The highest BCUT2D eigenvalue weighted by Gasteiger charge is 2.28. The van der Waals surface area contributed by atoms with Crippen molar-refractivity contribution in [3.8, 4) is 22.8 Å². The van der Waals surface area contributed by atoms with Gasteiger partial charge in [-0.05, 0) is 36.4 Å². The van der Waals surface area contributed by atoms with Gasteiger partial charge in [0, 0.05) is 35.1 Å². The van der Waals surface area contributed by atoms with Crippen LogP contribution >= 0.6 is 0 Å². The van der Waals surface area contributed by atoms with Crippen LogP contribution in [0.25, 0.3) is 22.2 Å². The van der Waals surface area contributed by atoms with Gasteiger partial charge in [0.25, 0.3) is 0 Å². The Balaban J connectivity index is 1.52. The molecule has 2 aromatic carbocycles. The summed E-state index contributed by atoms with van der Waals surface area (Å²) in [6, 6.07) is 18.5. The summed E-state index contributed by atoms with van der Waals surface area (Å²) < 4.78 is 50.7. The van der Waals surface area contributed by atoms with E-state index in [0.717, 1.165) is 27.8 Å². The molecule has 170 valence electrons. The van der Waals surface area contributed by atoms with Crippen LogP contribution in [0.4, 0.5) is 24.5 Å². The smallest absolute Gasteiger partial charge is 0.494 e. The van der Waals surface area contributed by atoms with Crippen molar-refractivity contribution < 1.29 is 27.4 Å². The fourth-order valence-electron chi connectivity index (χ4n) is 3.28. The maximum absolute atomic E-state index is 12.1. The van der Waals surface area contributed by atoms with E-state index < -0.39 is 13.0 Å². The monoisotopic (exact) mass is 455 g/mol. The lowest BCUT2D eigenvalue weighted by molar-refractivity contribution is -0.325. The van der Waals surface area contributed by atoms with Crippen LogP contribution in [0, 0.1) is 0 Å². The minimum absolute atomic E-state index is 0.247. The first-order chi connectivity index (χ1) is 15.9. The molecule has 33 heavy (non-hydrogen) atoms. The number of hydrogen-bond donors (Lipinski definition) is 1. The summed E-state index contributed by atoms with van der Waals surface area (Å²) in [6.07, 6.45) is -1.23. The second-order valence-corrected chi connectivity index (χ2v) is 6.94. The van der Waals surface area contributed by atoms with Gasteiger partial charge < -0.3 is 14.8 Å². The fraction of sp³-hybridized carbons (Fsp3) is 0.167. The molecule has 2 heterocycles. The third kappa shape index (κ3) is 5.69. The zero-order chi connectivity index (χ0) is 23.3. The second kappa shape index (κ2) is 9.74. The topological polar surface area (TPSA) is 65.5 Å². The molecule has 0 aliphatic heterocycles. The van der Waals surface area contributed by atoms with E-state index in [1.54, 1.807) is 30.6 Å². The number of rotatable bonds is 8. The molecule has 0 saturated heterocycles. The first kappa shape index (κ1) is 22.3. The van der Waals surface area contributed by atoms with Crippen molar-refractivity contribution in [2.45, 2.75) is 6.36 Å². The molecule has 0 amide bonds. The Morgan fingerprint density at radius 3 is 2.52 bits per heavy atom. The zero-order valence-corrected chi connectivity index (χ0v) is 17.6. The molecular formula is C24H20F3N3O3. The van der Waals surface area contributed by atoms with Crippen LogP contribution in [0.1, 0.15) is 0 Å². The van der Waals surface area contributed by atoms with E-state index in [1.807, 2.05) is 42.5 Å². The third-order valence-electron chi connectivity index (χ3n) is 4.76. The van der Waals surface area contributed by atoms with Crippen molar-refractivity contribution in [2.24, 2.45) is 0 Å². The number of nitrogens with one attached hydrogen (secondary N) is 1. The highest BCUT2D eigenvalue weighted by molar-refractivity contribution is 5.95. The molecule has 9 heteroatoms. The summed E-state index contributed by atoms with van der Waals surface area (Å²) in [7, 11) is 1.50. The molecule has 0 atom stereocenters. The number of ether oxygens (including phenoxy) is 3. The van der Waals surface area contributed by atoms with Gasteiger partial charge in [0.2, 0.25) is 0 Å². The van der Waals surface area contributed by atoms with Gasteiger partial charge in [0.15, 0.2) is 0 Å². The molecule has 0 spiro atoms. The summed E-state index contributed by atoms with van der Waals surface area (Å²) in [6.45, 7) is -0.849. The number of fused-ring (bicyclic) bond motifs is 1. The summed E-state index contributed by atoms with van der Waals surface area (Å²) in [4.78, 5) is 8.85. The number of benzene rings is 2. The summed E-state index contributed by atoms with van der Waals surface area (Å²) in [5, 5.41) is 4.24. The Labute approximate surface area is 188 Å². The van der Waals surface area contributed by atoms with Gasteiger partial charge in [-0.2, -0.15) is 0 Å². The maximum Gasteiger partial charge on any atom is 0.522 e. The quantitative estimate of drug-likeness (QED) is 0.331. The minimum Gasteiger partial charge on any atom is -0.494 e. The van der Waals surface area contributed by atoms with Crippen LogP contribution in [0.3, 0.4) is 0 Å². The predicted molar refractivity (Wildman–Crippen MR) is 119 cm³/mol. The van der Waals surface area contributed by atoms with Crippen molar-refractivity contribution in [1.82, 2.24) is 9.97 Å². The Morgan fingerprint density at radius 1 is 0.879 bits per heavy atom. The largest absolute Gasteiger partial charge is 0.522 e. The van der Waals surface area contributed by atoms with Crippen molar-refractivity contribution in [3.05, 3.63) is 73.1 Å². The Kier molecular flexibility index (Phi) is 6.60. The van der Waals surface area contributed by atoms with Crippen molar-refractivity contribution in [1.29, 1.82) is 0 Å². The maximum atomic E-state index is 12.1. The lowest BCUT2D eigenvalue weighted by atomic mass is 10.1. The van der Waals surface area contributed by atoms with Crippen LogP contribution in [-0.2, 0) is 4.74 Å². The number of halogens is 3. The average Bonchev–Trinajstić information content (AvgIpc) is 2.82. The zero-order valence-electron chi connectivity index (χ0n) is 17.6. The lowest BCUT2D eigenvalue weighted by Gasteiger charge is -2.15. The van der Waals surface area contributed by atoms with Gasteiger partial charge in [-0.15, -0.1) is 13.2 Å². The summed E-state index contributed by atoms with van der Waals surface area (Å²) in [5.41, 5.74) is 4.10. The number of anilines is 2. The van der Waals surface area contributed by atoms with E-state index in [9.17, 15) is 13.2 Å². The van der Waals surface area contributed by atoms with Gasteiger partial charge in [-0.1, -0.05) is 18.2 Å². The number of pyridine rings is 2. The van der Waals surface area contributed by atoms with Crippen LogP contribution in [-0.4, -0.2) is 36.7 Å². The third-order valence-corrected chi connectivity index (χ3v) is 4.76. The van der Waals surface area contributed by atoms with Gasteiger partial charge >= 0.3 is 6.36 Å². The van der Waals surface area contributed by atoms with E-state index in [2.05, 4.69) is 20.0 Å². The van der Waals surface area contributed by atoms with Gasteiger partial charge in [0.1, 0.15) is 18.1 Å². The number of aromatic nitrogens is 2. The SMILES string of the molecule is COc1cc(OCCOC(F)(F)F)ccc1Nc1ccnc2cc(-c3ccccn3)ccc12. The first-order valence-corrected chi connectivity index (χ1v) is 10.0. The molecule has 0 bridgehead atoms. The second-order valence-electron chi connectivity index (χ2n) is 6.94. The van der Waals surface area contributed by atoms with Crippen molar-refractivity contribution >= 4 is 22.3 Å². The number of hydrogen-bond acceptors (Lipinski definition) is 6. The van der Waals surface area contributed by atoms with Crippen molar-refractivity contribution in [2.75, 3.05) is 25.6 Å². The lowest BCUT2D eigenvalue weighted by Crippen LogP contribution is -2.18. The number of methoxy groups -OCH3 is 1. The fourth-order valence-corrected chi connectivity index (χ4v) is 3.28. The molecule has 0 radical (unpaired) electrons. The van der Waals surface area contributed by atoms with E-state index in [-0.39, 0.29) is 6.61 Å². The normalized spacial score (nSPS) is 11.4. The average molecular weight is 455 g/mol. The molecular weight excluding hydrogens is 435 g/mol. The van der Waals surface area contributed by atoms with Crippen LogP contribution in [0.2, 0.25) is 0 Å². The molecule has 6 nitrogen and oxygen atoms in total. The van der Waals surface area contributed by atoms with Crippen LogP contribution < -0.4 is 14.8 Å². The molecule has 4 rings (SSSR count). The van der Waals surface area contributed by atoms with Gasteiger partial charge in [-0.25, -0.2) is 0 Å². The standard InChI is InChI=1S/C24H20F3N3O3/c1-31-23-15-17(32-12-13-33-24(25,26)27)6-8-21(23)30-20-9-11-29-22-14-16(5-7-18(20)22)19-4-2-3-10-28-19/h2-11,14-15H,12-13H2,1H3,(H,29,30). The molecule has 0 aliphatic carbocycles. The Hall–Kier alpha value is -3.85. The highest BCUT2D eigenvalue weighted by atomic mass is 19.4. The number of nitrogens with zero attached hydrogens (tertiary/aromatic N) is 2. The Bertz CT molecular complexity index is 1230. The van der Waals surface area contributed by atoms with E-state index in [0.29, 0.717) is 17.2 Å². The number of alkyl halides is 3. The van der Waals surface area contributed by atoms with E-state index in [1.165, 1.54) is 7.11 Å². The van der Waals surface area contributed by atoms with Crippen LogP contribution in [0.15, 0.2) is 73.1 Å². The van der Waals surface area contributed by atoms with Crippen LogP contribution in [0.5, 0.6) is 11.5 Å². The first-order valence-electron chi connectivity index (χ1n) is 10.0. The summed E-state index contributed by atoms with van der Waals surface area (Å²) >= 11 is 0. The molecule has 1 N–H and O–H groups in total. The summed E-state index contributed by atoms with van der Waals surface area (Å²) in [5.74, 6) is 0.835. The van der Waals surface area contributed by atoms with E-state index in [4.69, 9.17) is 9.47 Å². The molecule has 2 aromatic heterocycles.